The fourth-order valence-electron chi connectivity index (χ4n) is 4.01. The van der Waals surface area contributed by atoms with Crippen LogP contribution in [0.1, 0.15) is 27.0 Å². The first kappa shape index (κ1) is 23.1. The Bertz CT molecular complexity index is 1620. The highest BCUT2D eigenvalue weighted by molar-refractivity contribution is 7.24. The molecule has 0 aliphatic carbocycles. The Hall–Kier alpha value is -4.67. The van der Waals surface area contributed by atoms with Gasteiger partial charge in [0.2, 0.25) is 0 Å². The third-order valence-corrected chi connectivity index (χ3v) is 6.98. The van der Waals surface area contributed by atoms with E-state index in [0.29, 0.717) is 32.9 Å². The zero-order valence-electron chi connectivity index (χ0n) is 19.8. The number of aryl methyl sites for hydroxylation is 2. The first-order valence-electron chi connectivity index (χ1n) is 11.4. The van der Waals surface area contributed by atoms with Crippen molar-refractivity contribution in [3.05, 3.63) is 101 Å². The van der Waals surface area contributed by atoms with Crippen LogP contribution in [0.4, 0.5) is 22.2 Å². The number of hydrogen-bond acceptors (Lipinski definition) is 6. The SMILES string of the molecule is Cc1ccc(NC(=O)c2c(Nc3ccc(C)cc3)sc3c(-c4ccccc4)c(C#N)c(N)nc23)cc1. The summed E-state index contributed by atoms with van der Waals surface area (Å²) in [7, 11) is 0. The molecule has 0 atom stereocenters. The van der Waals surface area contributed by atoms with Crippen LogP contribution in [0.15, 0.2) is 78.9 Å². The molecule has 0 bridgehead atoms. The number of aromatic nitrogens is 1. The van der Waals surface area contributed by atoms with Crippen molar-refractivity contribution in [2.45, 2.75) is 13.8 Å². The van der Waals surface area contributed by atoms with Crippen molar-refractivity contribution in [2.75, 3.05) is 16.4 Å². The number of nitrogens with two attached hydrogens (primary N) is 1. The van der Waals surface area contributed by atoms with Crippen molar-refractivity contribution in [3.8, 4) is 17.2 Å². The molecule has 1 amide bonds. The lowest BCUT2D eigenvalue weighted by atomic mass is 10.00. The van der Waals surface area contributed by atoms with Gasteiger partial charge in [0.15, 0.2) is 0 Å². The zero-order valence-corrected chi connectivity index (χ0v) is 20.6. The largest absolute Gasteiger partial charge is 0.383 e. The molecule has 5 aromatic rings. The van der Waals surface area contributed by atoms with Gasteiger partial charge in [-0.1, -0.05) is 65.7 Å². The molecule has 0 spiro atoms. The highest BCUT2D eigenvalue weighted by atomic mass is 32.1. The molecule has 2 aromatic heterocycles. The molecule has 4 N–H and O–H groups in total. The van der Waals surface area contributed by atoms with Crippen molar-refractivity contribution in [1.82, 2.24) is 4.98 Å². The van der Waals surface area contributed by atoms with Gasteiger partial charge in [0, 0.05) is 16.9 Å². The van der Waals surface area contributed by atoms with Crippen LogP contribution in [0.5, 0.6) is 0 Å². The number of carbonyl (C=O) groups is 1. The maximum atomic E-state index is 13.7. The van der Waals surface area contributed by atoms with E-state index in [1.165, 1.54) is 11.3 Å². The topological polar surface area (TPSA) is 104 Å². The number of nitrogens with zero attached hydrogens (tertiary/aromatic N) is 2. The van der Waals surface area contributed by atoms with Crippen molar-refractivity contribution >= 4 is 49.7 Å². The molecule has 5 rings (SSSR count). The molecule has 0 fully saturated rings. The first-order valence-corrected chi connectivity index (χ1v) is 12.2. The Labute approximate surface area is 213 Å². The van der Waals surface area contributed by atoms with Crippen molar-refractivity contribution in [1.29, 1.82) is 5.26 Å². The smallest absolute Gasteiger partial charge is 0.260 e. The maximum Gasteiger partial charge on any atom is 0.260 e. The Morgan fingerprint density at radius 1 is 0.917 bits per heavy atom. The van der Waals surface area contributed by atoms with E-state index in [-0.39, 0.29) is 11.7 Å². The summed E-state index contributed by atoms with van der Waals surface area (Å²) >= 11 is 1.38. The number of anilines is 4. The van der Waals surface area contributed by atoms with Crippen molar-refractivity contribution < 1.29 is 4.79 Å². The summed E-state index contributed by atoms with van der Waals surface area (Å²) in [4.78, 5) is 18.2. The fourth-order valence-corrected chi connectivity index (χ4v) is 5.24. The predicted molar refractivity (Wildman–Crippen MR) is 148 cm³/mol. The monoisotopic (exact) mass is 489 g/mol. The summed E-state index contributed by atoms with van der Waals surface area (Å²) in [5, 5.41) is 16.9. The number of benzene rings is 3. The third-order valence-electron chi connectivity index (χ3n) is 5.87. The van der Waals surface area contributed by atoms with E-state index in [1.807, 2.05) is 92.7 Å². The van der Waals surface area contributed by atoms with Crippen molar-refractivity contribution in [3.63, 3.8) is 0 Å². The second-order valence-corrected chi connectivity index (χ2v) is 9.54. The number of fused-ring (bicyclic) bond motifs is 1. The molecule has 0 saturated heterocycles. The summed E-state index contributed by atoms with van der Waals surface area (Å²) in [5.74, 6) is -0.219. The van der Waals surface area contributed by atoms with Gasteiger partial charge in [-0.15, -0.1) is 11.3 Å². The molecule has 0 aliphatic rings. The number of nitriles is 1. The molecule has 7 heteroatoms. The molecule has 0 radical (unpaired) electrons. The molecule has 176 valence electrons. The number of rotatable bonds is 5. The van der Waals surface area contributed by atoms with Crippen LogP contribution in [-0.2, 0) is 0 Å². The standard InChI is InChI=1S/C29H23N5OS/c1-17-8-12-20(13-9-17)32-28(35)24-25-26(36-29(24)33-21-14-10-18(2)11-15-21)23(19-6-4-3-5-7-19)22(16-30)27(31)34-25/h3-15,33H,1-2H3,(H2,31,34)(H,32,35). The Morgan fingerprint density at radius 2 is 1.53 bits per heavy atom. The Balaban J connectivity index is 1.73. The van der Waals surface area contributed by atoms with Crippen LogP contribution in [0, 0.1) is 25.2 Å². The molecule has 0 aliphatic heterocycles. The minimum atomic E-state index is -0.310. The van der Waals surface area contributed by atoms with Gasteiger partial charge in [0.25, 0.3) is 5.91 Å². The highest BCUT2D eigenvalue weighted by Crippen LogP contribution is 2.44. The normalized spacial score (nSPS) is 10.7. The Kier molecular flexibility index (Phi) is 6.11. The van der Waals surface area contributed by atoms with E-state index < -0.39 is 0 Å². The number of nitrogen functional groups attached to an aromatic ring is 1. The molecule has 36 heavy (non-hydrogen) atoms. The van der Waals surface area contributed by atoms with Gasteiger partial charge in [-0.3, -0.25) is 4.79 Å². The molecular weight excluding hydrogens is 466 g/mol. The van der Waals surface area contributed by atoms with E-state index in [0.717, 1.165) is 27.1 Å². The second-order valence-electron chi connectivity index (χ2n) is 8.52. The minimum Gasteiger partial charge on any atom is -0.383 e. The van der Waals surface area contributed by atoms with Gasteiger partial charge in [0.05, 0.1) is 10.2 Å². The predicted octanol–water partition coefficient (Wildman–Crippen LogP) is 7.03. The average Bonchev–Trinajstić information content (AvgIpc) is 3.23. The van der Waals surface area contributed by atoms with Crippen molar-refractivity contribution in [2.24, 2.45) is 0 Å². The van der Waals surface area contributed by atoms with Gasteiger partial charge in [-0.05, 0) is 43.7 Å². The summed E-state index contributed by atoms with van der Waals surface area (Å²) < 4.78 is 0.718. The van der Waals surface area contributed by atoms with E-state index in [4.69, 9.17) is 5.73 Å². The van der Waals surface area contributed by atoms with Crippen LogP contribution in [-0.4, -0.2) is 10.9 Å². The van der Waals surface area contributed by atoms with Gasteiger partial charge in [0.1, 0.15) is 28.0 Å². The van der Waals surface area contributed by atoms with Crippen LogP contribution in [0.25, 0.3) is 21.3 Å². The number of carbonyl (C=O) groups excluding carboxylic acids is 1. The molecule has 3 aromatic carbocycles. The quantitative estimate of drug-likeness (QED) is 0.246. The number of pyridine rings is 1. The lowest BCUT2D eigenvalue weighted by Gasteiger charge is -2.10. The van der Waals surface area contributed by atoms with Gasteiger partial charge >= 0.3 is 0 Å². The second kappa shape index (κ2) is 9.53. The Morgan fingerprint density at radius 3 is 2.14 bits per heavy atom. The summed E-state index contributed by atoms with van der Waals surface area (Å²) in [5.41, 5.74) is 12.7. The zero-order chi connectivity index (χ0) is 25.2. The third kappa shape index (κ3) is 4.38. The molecular formula is C29H23N5OS. The molecule has 0 saturated carbocycles. The summed E-state index contributed by atoms with van der Waals surface area (Å²) in [6, 6.07) is 27.3. The van der Waals surface area contributed by atoms with Gasteiger partial charge in [-0.25, -0.2) is 4.98 Å². The molecule has 6 nitrogen and oxygen atoms in total. The number of thiophene rings is 1. The molecule has 0 unspecified atom stereocenters. The van der Waals surface area contributed by atoms with Crippen LogP contribution >= 0.6 is 11.3 Å². The van der Waals surface area contributed by atoms with Crippen LogP contribution in [0.3, 0.4) is 0 Å². The van der Waals surface area contributed by atoms with E-state index >= 15 is 0 Å². The van der Waals surface area contributed by atoms with E-state index in [2.05, 4.69) is 21.7 Å². The lowest BCUT2D eigenvalue weighted by Crippen LogP contribution is -2.13. The fraction of sp³-hybridized carbons (Fsp3) is 0.0690. The summed E-state index contributed by atoms with van der Waals surface area (Å²) in [6.45, 7) is 4.01. The van der Waals surface area contributed by atoms with Gasteiger partial charge in [-0.2, -0.15) is 5.26 Å². The van der Waals surface area contributed by atoms with Crippen LogP contribution in [0.2, 0.25) is 0 Å². The molecule has 2 heterocycles. The van der Waals surface area contributed by atoms with Gasteiger partial charge < -0.3 is 16.4 Å². The lowest BCUT2D eigenvalue weighted by molar-refractivity contribution is 0.102. The van der Waals surface area contributed by atoms with E-state index in [1.54, 1.807) is 0 Å². The average molecular weight is 490 g/mol. The first-order chi connectivity index (χ1) is 17.4. The number of amides is 1. The summed E-state index contributed by atoms with van der Waals surface area (Å²) in [6.07, 6.45) is 0. The number of hydrogen-bond donors (Lipinski definition) is 3. The maximum absolute atomic E-state index is 13.7. The van der Waals surface area contributed by atoms with E-state index in [9.17, 15) is 10.1 Å². The highest BCUT2D eigenvalue weighted by Gasteiger charge is 2.26. The number of nitrogens with one attached hydrogen (secondary N) is 2. The van der Waals surface area contributed by atoms with Crippen LogP contribution < -0.4 is 16.4 Å². The minimum absolute atomic E-state index is 0.0907.